The summed E-state index contributed by atoms with van der Waals surface area (Å²) < 4.78 is 5.53. The fourth-order valence-electron chi connectivity index (χ4n) is 1.59. The number of hydrogen-bond donors (Lipinski definition) is 1. The molecule has 0 heterocycles. The van der Waals surface area contributed by atoms with Crippen LogP contribution in [-0.2, 0) is 4.74 Å². The molecule has 1 rings (SSSR count). The monoisotopic (exact) mass is 221 g/mol. The number of ether oxygens (including phenoxy) is 1. The normalized spacial score (nSPS) is 10.4. The van der Waals surface area contributed by atoms with Crippen molar-refractivity contribution in [3.63, 3.8) is 0 Å². The predicted octanol–water partition coefficient (Wildman–Crippen LogP) is 3.61. The van der Waals surface area contributed by atoms with Gasteiger partial charge < -0.3 is 10.1 Å². The Labute approximate surface area is 99.0 Å². The van der Waals surface area contributed by atoms with E-state index >= 15 is 0 Å². The Morgan fingerprint density at radius 3 is 2.69 bits per heavy atom. The number of hydrogen-bond acceptors (Lipinski definition) is 2. The van der Waals surface area contributed by atoms with Crippen molar-refractivity contribution in [1.29, 1.82) is 0 Å². The summed E-state index contributed by atoms with van der Waals surface area (Å²) in [6, 6.07) is 8.33. The Bertz CT molecular complexity index is 286. The zero-order valence-electron chi connectivity index (χ0n) is 10.5. The minimum atomic E-state index is 0.790. The molecule has 0 aromatic heterocycles. The van der Waals surface area contributed by atoms with Crippen LogP contribution in [0, 0.1) is 6.92 Å². The average molecular weight is 221 g/mol. The van der Waals surface area contributed by atoms with Gasteiger partial charge >= 0.3 is 0 Å². The average Bonchev–Trinajstić information content (AvgIpc) is 2.30. The van der Waals surface area contributed by atoms with Crippen LogP contribution in [-0.4, -0.2) is 19.8 Å². The van der Waals surface area contributed by atoms with Gasteiger partial charge in [0.25, 0.3) is 0 Å². The van der Waals surface area contributed by atoms with Crippen molar-refractivity contribution in [3.8, 4) is 0 Å². The summed E-state index contributed by atoms with van der Waals surface area (Å²) in [6.45, 7) is 6.89. The molecule has 1 aromatic carbocycles. The lowest BCUT2D eigenvalue weighted by Crippen LogP contribution is -2.10. The van der Waals surface area contributed by atoms with Crippen LogP contribution in [0.4, 0.5) is 5.69 Å². The van der Waals surface area contributed by atoms with Gasteiger partial charge in [-0.05, 0) is 25.0 Å². The molecule has 1 aromatic rings. The predicted molar refractivity (Wildman–Crippen MR) is 70.0 cm³/mol. The smallest absolute Gasteiger partial charge is 0.0639 e. The van der Waals surface area contributed by atoms with Gasteiger partial charge in [0, 0.05) is 18.8 Å². The summed E-state index contributed by atoms with van der Waals surface area (Å²) >= 11 is 0. The number of benzene rings is 1. The number of para-hydroxylation sites is 1. The summed E-state index contributed by atoms with van der Waals surface area (Å²) in [6.07, 6.45) is 3.71. The van der Waals surface area contributed by atoms with Crippen LogP contribution in [0.5, 0.6) is 0 Å². The number of aryl methyl sites for hydroxylation is 1. The van der Waals surface area contributed by atoms with Crippen LogP contribution in [0.3, 0.4) is 0 Å². The highest BCUT2D eigenvalue weighted by molar-refractivity contribution is 5.50. The molecular weight excluding hydrogens is 198 g/mol. The van der Waals surface area contributed by atoms with Crippen molar-refractivity contribution in [2.24, 2.45) is 0 Å². The third-order valence-electron chi connectivity index (χ3n) is 2.60. The molecule has 2 nitrogen and oxygen atoms in total. The molecule has 0 bridgehead atoms. The fraction of sp³-hybridized carbons (Fsp3) is 0.571. The lowest BCUT2D eigenvalue weighted by atomic mass is 10.2. The van der Waals surface area contributed by atoms with Crippen LogP contribution < -0.4 is 5.32 Å². The van der Waals surface area contributed by atoms with E-state index in [1.54, 1.807) is 0 Å². The van der Waals surface area contributed by atoms with Crippen molar-refractivity contribution in [3.05, 3.63) is 29.8 Å². The van der Waals surface area contributed by atoms with Crippen LogP contribution in [0.1, 0.15) is 31.7 Å². The minimum absolute atomic E-state index is 0.790. The molecule has 2 heteroatoms. The van der Waals surface area contributed by atoms with Crippen molar-refractivity contribution in [2.75, 3.05) is 25.1 Å². The lowest BCUT2D eigenvalue weighted by molar-refractivity contribution is 0.140. The Morgan fingerprint density at radius 2 is 1.94 bits per heavy atom. The maximum Gasteiger partial charge on any atom is 0.0639 e. The Morgan fingerprint density at radius 1 is 1.12 bits per heavy atom. The minimum Gasteiger partial charge on any atom is -0.383 e. The first-order valence-corrected chi connectivity index (χ1v) is 6.22. The van der Waals surface area contributed by atoms with Gasteiger partial charge in [-0.3, -0.25) is 0 Å². The van der Waals surface area contributed by atoms with Crippen LogP contribution in [0.15, 0.2) is 24.3 Å². The number of unbranched alkanes of at least 4 members (excludes halogenated alkanes) is 2. The zero-order chi connectivity index (χ0) is 11.6. The molecule has 0 aliphatic heterocycles. The molecule has 0 saturated heterocycles. The number of nitrogens with one attached hydrogen (secondary N) is 1. The highest BCUT2D eigenvalue weighted by Gasteiger charge is 1.94. The second-order valence-electron chi connectivity index (χ2n) is 4.06. The van der Waals surface area contributed by atoms with Gasteiger partial charge in [0.15, 0.2) is 0 Å². The third-order valence-corrected chi connectivity index (χ3v) is 2.60. The Kier molecular flexibility index (Phi) is 6.66. The molecule has 0 radical (unpaired) electrons. The zero-order valence-corrected chi connectivity index (χ0v) is 10.5. The highest BCUT2D eigenvalue weighted by atomic mass is 16.5. The third kappa shape index (κ3) is 5.17. The summed E-state index contributed by atoms with van der Waals surface area (Å²) in [7, 11) is 0. The number of anilines is 1. The van der Waals surface area contributed by atoms with E-state index in [9.17, 15) is 0 Å². The fourth-order valence-corrected chi connectivity index (χ4v) is 1.59. The molecule has 0 aliphatic rings. The molecule has 16 heavy (non-hydrogen) atoms. The van der Waals surface area contributed by atoms with Gasteiger partial charge in [-0.15, -0.1) is 0 Å². The molecule has 0 spiro atoms. The van der Waals surface area contributed by atoms with E-state index in [0.717, 1.165) is 19.8 Å². The first kappa shape index (κ1) is 13.0. The summed E-state index contributed by atoms with van der Waals surface area (Å²) in [5.74, 6) is 0. The summed E-state index contributed by atoms with van der Waals surface area (Å²) in [5, 5.41) is 3.38. The van der Waals surface area contributed by atoms with Crippen molar-refractivity contribution in [1.82, 2.24) is 0 Å². The molecule has 90 valence electrons. The van der Waals surface area contributed by atoms with E-state index in [-0.39, 0.29) is 0 Å². The molecule has 0 amide bonds. The van der Waals surface area contributed by atoms with E-state index in [2.05, 4.69) is 43.4 Å². The van der Waals surface area contributed by atoms with Crippen LogP contribution >= 0.6 is 0 Å². The molecule has 0 unspecified atom stereocenters. The van der Waals surface area contributed by atoms with E-state index in [0.29, 0.717) is 0 Å². The highest BCUT2D eigenvalue weighted by Crippen LogP contribution is 2.12. The lowest BCUT2D eigenvalue weighted by Gasteiger charge is -2.09. The topological polar surface area (TPSA) is 21.3 Å². The van der Waals surface area contributed by atoms with Gasteiger partial charge in [-0.2, -0.15) is 0 Å². The SMILES string of the molecule is CCCCCOCCNc1ccccc1C. The first-order valence-electron chi connectivity index (χ1n) is 6.22. The Hall–Kier alpha value is -1.02. The quantitative estimate of drug-likeness (QED) is 0.677. The van der Waals surface area contributed by atoms with Gasteiger partial charge in [-0.1, -0.05) is 38.0 Å². The largest absolute Gasteiger partial charge is 0.383 e. The maximum absolute atomic E-state index is 5.53. The van der Waals surface area contributed by atoms with Crippen LogP contribution in [0.25, 0.3) is 0 Å². The first-order chi connectivity index (χ1) is 7.84. The summed E-state index contributed by atoms with van der Waals surface area (Å²) in [5.41, 5.74) is 2.49. The molecule has 0 atom stereocenters. The second kappa shape index (κ2) is 8.17. The molecule has 0 fully saturated rings. The van der Waals surface area contributed by atoms with Gasteiger partial charge in [0.1, 0.15) is 0 Å². The van der Waals surface area contributed by atoms with Gasteiger partial charge in [0.2, 0.25) is 0 Å². The molecule has 0 aliphatic carbocycles. The maximum atomic E-state index is 5.53. The Balaban J connectivity index is 2.05. The number of rotatable bonds is 8. The van der Waals surface area contributed by atoms with Crippen LogP contribution in [0.2, 0.25) is 0 Å². The van der Waals surface area contributed by atoms with Gasteiger partial charge in [-0.25, -0.2) is 0 Å². The van der Waals surface area contributed by atoms with Gasteiger partial charge in [0.05, 0.1) is 6.61 Å². The van der Waals surface area contributed by atoms with E-state index in [4.69, 9.17) is 4.74 Å². The van der Waals surface area contributed by atoms with Crippen molar-refractivity contribution >= 4 is 5.69 Å². The van der Waals surface area contributed by atoms with Crippen molar-refractivity contribution in [2.45, 2.75) is 33.1 Å². The second-order valence-corrected chi connectivity index (χ2v) is 4.06. The summed E-state index contributed by atoms with van der Waals surface area (Å²) in [4.78, 5) is 0. The van der Waals surface area contributed by atoms with E-state index in [1.165, 1.54) is 30.5 Å². The van der Waals surface area contributed by atoms with E-state index in [1.807, 2.05) is 0 Å². The molecular formula is C14H23NO. The molecule has 1 N–H and O–H groups in total. The standard InChI is InChI=1S/C14H23NO/c1-3-4-7-11-16-12-10-15-14-9-6-5-8-13(14)2/h5-6,8-9,15H,3-4,7,10-12H2,1-2H3. The van der Waals surface area contributed by atoms with E-state index < -0.39 is 0 Å². The molecule has 0 saturated carbocycles. The van der Waals surface area contributed by atoms with Crippen molar-refractivity contribution < 1.29 is 4.74 Å².